The van der Waals surface area contributed by atoms with Gasteiger partial charge in [0.05, 0.1) is 7.11 Å². The second kappa shape index (κ2) is 9.13. The van der Waals surface area contributed by atoms with E-state index in [2.05, 4.69) is 53.6 Å². The highest BCUT2D eigenvalue weighted by atomic mass is 79.9. The summed E-state index contributed by atoms with van der Waals surface area (Å²) in [7, 11) is 1.39. The van der Waals surface area contributed by atoms with Crippen molar-refractivity contribution in [1.29, 1.82) is 0 Å². The van der Waals surface area contributed by atoms with Crippen LogP contribution in [-0.4, -0.2) is 13.1 Å². The average molecular weight is 329 g/mol. The molecule has 2 nitrogen and oxygen atoms in total. The van der Waals surface area contributed by atoms with Gasteiger partial charge in [0.25, 0.3) is 0 Å². The summed E-state index contributed by atoms with van der Waals surface area (Å²) in [5.41, 5.74) is 1.35. The third-order valence-corrected chi connectivity index (χ3v) is 3.14. The van der Waals surface area contributed by atoms with Crippen molar-refractivity contribution < 1.29 is 9.53 Å². The van der Waals surface area contributed by atoms with Gasteiger partial charge in [0.1, 0.15) is 0 Å². The van der Waals surface area contributed by atoms with E-state index in [1.54, 1.807) is 0 Å². The Morgan fingerprint density at radius 2 is 1.89 bits per heavy atom. The molecule has 0 saturated carbocycles. The molecule has 0 spiro atoms. The van der Waals surface area contributed by atoms with Gasteiger partial charge in [0, 0.05) is 6.08 Å². The Morgan fingerprint density at radius 3 is 2.42 bits per heavy atom. The molecule has 0 aliphatic rings. The van der Waals surface area contributed by atoms with Gasteiger partial charge in [-0.05, 0) is 43.0 Å². The zero-order chi connectivity index (χ0) is 14.9. The molecule has 0 aliphatic heterocycles. The summed E-state index contributed by atoms with van der Waals surface area (Å²) in [5, 5.41) is 0. The molecule has 108 valence electrons. The van der Waals surface area contributed by atoms with Gasteiger partial charge in [0.15, 0.2) is 0 Å². The number of methoxy groups -OCH3 is 1. The predicted molar refractivity (Wildman–Crippen MR) is 85.2 cm³/mol. The molecule has 0 amide bonds. The summed E-state index contributed by atoms with van der Waals surface area (Å²) in [6, 6.07) is 0. The Morgan fingerprint density at radius 1 is 1.26 bits per heavy atom. The third-order valence-electron chi connectivity index (χ3n) is 2.81. The molecule has 0 radical (unpaired) electrons. The van der Waals surface area contributed by atoms with Crippen molar-refractivity contribution in [3.05, 3.63) is 34.4 Å². The number of allylic oxidation sites excluding steroid dienone is 5. The highest BCUT2D eigenvalue weighted by Crippen LogP contribution is 2.24. The van der Waals surface area contributed by atoms with Crippen LogP contribution in [0, 0.1) is 5.41 Å². The van der Waals surface area contributed by atoms with E-state index in [0.717, 1.165) is 19.3 Å². The molecule has 0 aliphatic carbocycles. The van der Waals surface area contributed by atoms with Crippen molar-refractivity contribution in [2.75, 3.05) is 7.11 Å². The van der Waals surface area contributed by atoms with Gasteiger partial charge in [-0.25, -0.2) is 4.79 Å². The zero-order valence-corrected chi connectivity index (χ0v) is 14.2. The van der Waals surface area contributed by atoms with Crippen molar-refractivity contribution in [2.45, 2.75) is 47.0 Å². The normalized spacial score (nSPS) is 14.0. The molecule has 19 heavy (non-hydrogen) atoms. The van der Waals surface area contributed by atoms with Gasteiger partial charge >= 0.3 is 5.97 Å². The summed E-state index contributed by atoms with van der Waals surface area (Å²) in [6.07, 6.45) is 10.9. The number of ether oxygens (including phenoxy) is 1. The van der Waals surface area contributed by atoms with Crippen LogP contribution >= 0.6 is 15.9 Å². The Kier molecular flexibility index (Phi) is 8.73. The van der Waals surface area contributed by atoms with Gasteiger partial charge < -0.3 is 4.74 Å². The van der Waals surface area contributed by atoms with E-state index in [1.807, 2.05) is 13.0 Å². The van der Waals surface area contributed by atoms with E-state index in [1.165, 1.54) is 23.2 Å². The zero-order valence-electron chi connectivity index (χ0n) is 12.6. The molecule has 3 heteroatoms. The van der Waals surface area contributed by atoms with Crippen molar-refractivity contribution in [3.63, 3.8) is 0 Å². The highest BCUT2D eigenvalue weighted by Gasteiger charge is 2.12. The quantitative estimate of drug-likeness (QED) is 0.366. The molecule has 0 aromatic heterocycles. The standard InChI is InChI=1S/C16H25BrO2/c1-13(7-6-8-14(2)17)9-11-16(3,4)12-10-15(18)19-5/h8-10,12H,6-7,11H2,1-5H3. The van der Waals surface area contributed by atoms with E-state index in [-0.39, 0.29) is 11.4 Å². The lowest BCUT2D eigenvalue weighted by Crippen LogP contribution is -2.07. The van der Waals surface area contributed by atoms with Crippen molar-refractivity contribution in [3.8, 4) is 0 Å². The number of carbonyl (C=O) groups excluding carboxylic acids is 1. The SMILES string of the molecule is COC(=O)C=CC(C)(C)CC=C(C)CCC=C(C)Br. The molecule has 0 aromatic rings. The van der Waals surface area contributed by atoms with E-state index >= 15 is 0 Å². The molecule has 0 rings (SSSR count). The largest absolute Gasteiger partial charge is 0.466 e. The van der Waals surface area contributed by atoms with Gasteiger partial charge in [0.2, 0.25) is 0 Å². The number of esters is 1. The fourth-order valence-electron chi connectivity index (χ4n) is 1.47. The van der Waals surface area contributed by atoms with Crippen LogP contribution in [0.1, 0.15) is 47.0 Å². The second-order valence-corrected chi connectivity index (χ2v) is 6.68. The first-order valence-corrected chi connectivity index (χ1v) is 7.31. The number of hydrogen-bond acceptors (Lipinski definition) is 2. The first-order valence-electron chi connectivity index (χ1n) is 6.52. The van der Waals surface area contributed by atoms with Crippen molar-refractivity contribution >= 4 is 21.9 Å². The first kappa shape index (κ1) is 18.2. The fourth-order valence-corrected chi connectivity index (χ4v) is 1.70. The maximum atomic E-state index is 11.1. The molecular weight excluding hydrogens is 304 g/mol. The Bertz CT molecular complexity index is 372. The number of rotatable bonds is 7. The summed E-state index contributed by atoms with van der Waals surface area (Å²) in [5.74, 6) is -0.299. The lowest BCUT2D eigenvalue weighted by molar-refractivity contribution is -0.134. The summed E-state index contributed by atoms with van der Waals surface area (Å²) in [6.45, 7) is 8.41. The minimum atomic E-state index is -0.299. The number of hydrogen-bond donors (Lipinski definition) is 0. The Labute approximate surface area is 125 Å². The fraction of sp³-hybridized carbons (Fsp3) is 0.562. The van der Waals surface area contributed by atoms with Crippen LogP contribution in [0.15, 0.2) is 34.4 Å². The molecule has 0 saturated heterocycles. The smallest absolute Gasteiger partial charge is 0.330 e. The summed E-state index contributed by atoms with van der Waals surface area (Å²) < 4.78 is 5.78. The van der Waals surface area contributed by atoms with Gasteiger partial charge in [-0.2, -0.15) is 0 Å². The van der Waals surface area contributed by atoms with Crippen LogP contribution < -0.4 is 0 Å². The molecule has 0 heterocycles. The van der Waals surface area contributed by atoms with Crippen LogP contribution in [-0.2, 0) is 9.53 Å². The molecular formula is C16H25BrO2. The van der Waals surface area contributed by atoms with Crippen LogP contribution in [0.25, 0.3) is 0 Å². The molecule has 0 atom stereocenters. The molecule has 0 N–H and O–H groups in total. The lowest BCUT2D eigenvalue weighted by Gasteiger charge is -2.18. The maximum absolute atomic E-state index is 11.1. The Balaban J connectivity index is 4.30. The monoisotopic (exact) mass is 328 g/mol. The van der Waals surface area contributed by atoms with E-state index in [9.17, 15) is 4.79 Å². The molecule has 0 bridgehead atoms. The average Bonchev–Trinajstić information content (AvgIpc) is 2.33. The van der Waals surface area contributed by atoms with Crippen LogP contribution in [0.4, 0.5) is 0 Å². The maximum Gasteiger partial charge on any atom is 0.330 e. The van der Waals surface area contributed by atoms with Gasteiger partial charge in [-0.3, -0.25) is 0 Å². The molecule has 0 unspecified atom stereocenters. The lowest BCUT2D eigenvalue weighted by atomic mass is 9.87. The van der Waals surface area contributed by atoms with Gasteiger partial charge in [-0.15, -0.1) is 0 Å². The van der Waals surface area contributed by atoms with Crippen molar-refractivity contribution in [2.24, 2.45) is 5.41 Å². The Hall–Kier alpha value is -0.830. The van der Waals surface area contributed by atoms with E-state index < -0.39 is 0 Å². The molecule has 0 fully saturated rings. The van der Waals surface area contributed by atoms with E-state index in [0.29, 0.717) is 0 Å². The topological polar surface area (TPSA) is 26.3 Å². The summed E-state index contributed by atoms with van der Waals surface area (Å²) in [4.78, 5) is 11.1. The third kappa shape index (κ3) is 10.8. The van der Waals surface area contributed by atoms with Crippen LogP contribution in [0.2, 0.25) is 0 Å². The summed E-state index contributed by atoms with van der Waals surface area (Å²) >= 11 is 3.42. The highest BCUT2D eigenvalue weighted by molar-refractivity contribution is 9.11. The predicted octanol–water partition coefficient (Wildman–Crippen LogP) is 5.16. The number of carbonyl (C=O) groups is 1. The van der Waals surface area contributed by atoms with Crippen LogP contribution in [0.5, 0.6) is 0 Å². The number of halogens is 1. The van der Waals surface area contributed by atoms with Crippen molar-refractivity contribution in [1.82, 2.24) is 0 Å². The minimum Gasteiger partial charge on any atom is -0.466 e. The minimum absolute atomic E-state index is 0.0311. The van der Waals surface area contributed by atoms with Crippen LogP contribution in [0.3, 0.4) is 0 Å². The second-order valence-electron chi connectivity index (χ2n) is 5.43. The van der Waals surface area contributed by atoms with E-state index in [4.69, 9.17) is 0 Å². The molecule has 0 aromatic carbocycles. The first-order chi connectivity index (χ1) is 8.76. The van der Waals surface area contributed by atoms with Gasteiger partial charge in [-0.1, -0.05) is 53.6 Å².